The molecule has 4 nitrogen and oxygen atoms in total. The number of hydrogen-bond acceptors (Lipinski definition) is 3. The summed E-state index contributed by atoms with van der Waals surface area (Å²) in [6.07, 6.45) is -0.445. The highest BCUT2D eigenvalue weighted by atomic mass is 35.5. The summed E-state index contributed by atoms with van der Waals surface area (Å²) < 4.78 is 17.9. The van der Waals surface area contributed by atoms with E-state index in [1.54, 1.807) is 26.8 Å². The van der Waals surface area contributed by atoms with Crippen molar-refractivity contribution in [3.05, 3.63) is 34.6 Å². The summed E-state index contributed by atoms with van der Waals surface area (Å²) in [5, 5.41) is 6.12. The van der Waals surface area contributed by atoms with Crippen LogP contribution in [0, 0.1) is 5.82 Å². The van der Waals surface area contributed by atoms with E-state index in [9.17, 15) is 9.18 Å². The predicted molar refractivity (Wildman–Crippen MR) is 77.4 cm³/mol. The van der Waals surface area contributed by atoms with Gasteiger partial charge in [0.15, 0.2) is 0 Å². The molecule has 6 heteroatoms. The largest absolute Gasteiger partial charge is 0.444 e. The third kappa shape index (κ3) is 6.73. The molecule has 0 fully saturated rings. The van der Waals surface area contributed by atoms with Crippen LogP contribution in [0.25, 0.3) is 0 Å². The summed E-state index contributed by atoms with van der Waals surface area (Å²) in [6.45, 7) is 6.93. The van der Waals surface area contributed by atoms with Gasteiger partial charge in [0.25, 0.3) is 0 Å². The van der Waals surface area contributed by atoms with E-state index in [-0.39, 0.29) is 5.82 Å². The van der Waals surface area contributed by atoms with Crippen molar-refractivity contribution in [3.63, 3.8) is 0 Å². The van der Waals surface area contributed by atoms with Crippen molar-refractivity contribution in [1.29, 1.82) is 0 Å². The van der Waals surface area contributed by atoms with Gasteiger partial charge in [0.2, 0.25) is 0 Å². The number of rotatable bonds is 5. The first-order valence-electron chi connectivity index (χ1n) is 6.39. The second kappa shape index (κ2) is 7.45. The molecule has 1 aromatic carbocycles. The van der Waals surface area contributed by atoms with Gasteiger partial charge in [-0.15, -0.1) is 0 Å². The van der Waals surface area contributed by atoms with Crippen LogP contribution in [-0.4, -0.2) is 24.8 Å². The molecule has 0 saturated heterocycles. The maximum Gasteiger partial charge on any atom is 0.407 e. The van der Waals surface area contributed by atoms with E-state index in [1.165, 1.54) is 12.1 Å². The van der Waals surface area contributed by atoms with Crippen molar-refractivity contribution < 1.29 is 13.9 Å². The summed E-state index contributed by atoms with van der Waals surface area (Å²) in [6, 6.07) is 4.27. The fraction of sp³-hybridized carbons (Fsp3) is 0.500. The van der Waals surface area contributed by atoms with Gasteiger partial charge in [-0.05, 0) is 38.5 Å². The normalized spacial score (nSPS) is 11.2. The minimum Gasteiger partial charge on any atom is -0.444 e. The Morgan fingerprint density at radius 1 is 1.35 bits per heavy atom. The number of hydrogen-bond donors (Lipinski definition) is 2. The highest BCUT2D eigenvalue weighted by Crippen LogP contribution is 2.16. The van der Waals surface area contributed by atoms with Crippen LogP contribution in [0.1, 0.15) is 26.3 Å². The lowest BCUT2D eigenvalue weighted by Crippen LogP contribution is -2.36. The van der Waals surface area contributed by atoms with Gasteiger partial charge in [0, 0.05) is 24.7 Å². The summed E-state index contributed by atoms with van der Waals surface area (Å²) in [5.74, 6) is -0.356. The fourth-order valence-corrected chi connectivity index (χ4v) is 1.69. The molecular weight excluding hydrogens is 283 g/mol. The average molecular weight is 303 g/mol. The molecule has 0 aliphatic carbocycles. The molecule has 112 valence electrons. The number of alkyl carbamates (subject to hydrolysis) is 1. The molecule has 0 heterocycles. The molecule has 0 radical (unpaired) electrons. The standard InChI is InChI=1S/C14H20ClFN2O2/c1-14(2,3)20-13(19)18-7-6-17-9-10-4-5-11(16)8-12(10)15/h4-5,8,17H,6-7,9H2,1-3H3,(H,18,19). The molecule has 0 unspecified atom stereocenters. The minimum atomic E-state index is -0.501. The van der Waals surface area contributed by atoms with Crippen LogP contribution < -0.4 is 10.6 Å². The van der Waals surface area contributed by atoms with Gasteiger partial charge in [-0.1, -0.05) is 17.7 Å². The van der Waals surface area contributed by atoms with Gasteiger partial charge < -0.3 is 15.4 Å². The lowest BCUT2D eigenvalue weighted by Gasteiger charge is -2.19. The maximum absolute atomic E-state index is 12.8. The molecule has 1 aromatic rings. The number of carbonyl (C=O) groups excluding carboxylic acids is 1. The molecule has 1 amide bonds. The summed E-state index contributed by atoms with van der Waals surface area (Å²) in [4.78, 5) is 11.4. The highest BCUT2D eigenvalue weighted by Gasteiger charge is 2.15. The lowest BCUT2D eigenvalue weighted by atomic mass is 10.2. The number of amides is 1. The Morgan fingerprint density at radius 3 is 2.65 bits per heavy atom. The van der Waals surface area contributed by atoms with Crippen molar-refractivity contribution in [2.24, 2.45) is 0 Å². The Balaban J connectivity index is 2.21. The van der Waals surface area contributed by atoms with Crippen molar-refractivity contribution in [2.45, 2.75) is 32.9 Å². The Morgan fingerprint density at radius 2 is 2.05 bits per heavy atom. The second-order valence-electron chi connectivity index (χ2n) is 5.34. The zero-order chi connectivity index (χ0) is 15.2. The molecule has 0 atom stereocenters. The van der Waals surface area contributed by atoms with E-state index >= 15 is 0 Å². The summed E-state index contributed by atoms with van der Waals surface area (Å²) in [5.41, 5.74) is 0.310. The van der Waals surface area contributed by atoms with Gasteiger partial charge >= 0.3 is 6.09 Å². The third-order valence-electron chi connectivity index (χ3n) is 2.30. The quantitative estimate of drug-likeness (QED) is 0.822. The van der Waals surface area contributed by atoms with E-state index in [2.05, 4.69) is 10.6 Å². The SMILES string of the molecule is CC(C)(C)OC(=O)NCCNCc1ccc(F)cc1Cl. The number of ether oxygens (including phenoxy) is 1. The first-order chi connectivity index (χ1) is 9.28. The number of nitrogens with one attached hydrogen (secondary N) is 2. The van der Waals surface area contributed by atoms with Crippen molar-refractivity contribution in [3.8, 4) is 0 Å². The summed E-state index contributed by atoms with van der Waals surface area (Å²) >= 11 is 5.90. The van der Waals surface area contributed by atoms with E-state index in [0.29, 0.717) is 24.7 Å². The molecule has 0 aliphatic rings. The summed E-state index contributed by atoms with van der Waals surface area (Å²) in [7, 11) is 0. The number of halogens is 2. The molecular formula is C14H20ClFN2O2. The zero-order valence-corrected chi connectivity index (χ0v) is 12.7. The Kier molecular flexibility index (Phi) is 6.23. The minimum absolute atomic E-state index is 0.356. The topological polar surface area (TPSA) is 50.4 Å². The molecule has 0 saturated carbocycles. The highest BCUT2D eigenvalue weighted by molar-refractivity contribution is 6.31. The van der Waals surface area contributed by atoms with Crippen LogP contribution >= 0.6 is 11.6 Å². The Bertz CT molecular complexity index is 461. The van der Waals surface area contributed by atoms with Crippen LogP contribution in [0.4, 0.5) is 9.18 Å². The number of carbonyl (C=O) groups is 1. The second-order valence-corrected chi connectivity index (χ2v) is 5.75. The van der Waals surface area contributed by atoms with E-state index in [0.717, 1.165) is 5.56 Å². The Labute approximate surface area is 123 Å². The van der Waals surface area contributed by atoms with Crippen LogP contribution in [-0.2, 0) is 11.3 Å². The van der Waals surface area contributed by atoms with Crippen LogP contribution in [0.15, 0.2) is 18.2 Å². The average Bonchev–Trinajstić information content (AvgIpc) is 2.28. The van der Waals surface area contributed by atoms with Crippen LogP contribution in [0.5, 0.6) is 0 Å². The molecule has 2 N–H and O–H groups in total. The molecule has 0 aromatic heterocycles. The molecule has 0 aliphatic heterocycles. The fourth-order valence-electron chi connectivity index (χ4n) is 1.46. The van der Waals surface area contributed by atoms with E-state index < -0.39 is 11.7 Å². The third-order valence-corrected chi connectivity index (χ3v) is 2.65. The predicted octanol–water partition coefficient (Wildman–Crippen LogP) is 3.09. The first kappa shape index (κ1) is 16.7. The number of benzene rings is 1. The molecule has 0 spiro atoms. The van der Waals surface area contributed by atoms with Gasteiger partial charge in [-0.25, -0.2) is 9.18 Å². The smallest absolute Gasteiger partial charge is 0.407 e. The molecule has 0 bridgehead atoms. The van der Waals surface area contributed by atoms with Gasteiger partial charge in [0.05, 0.1) is 0 Å². The van der Waals surface area contributed by atoms with Crippen LogP contribution in [0.2, 0.25) is 5.02 Å². The van der Waals surface area contributed by atoms with Gasteiger partial charge in [-0.3, -0.25) is 0 Å². The molecule has 1 rings (SSSR count). The van der Waals surface area contributed by atoms with Crippen molar-refractivity contribution in [2.75, 3.05) is 13.1 Å². The van der Waals surface area contributed by atoms with E-state index in [4.69, 9.17) is 16.3 Å². The van der Waals surface area contributed by atoms with Gasteiger partial charge in [0.1, 0.15) is 11.4 Å². The lowest BCUT2D eigenvalue weighted by molar-refractivity contribution is 0.0528. The first-order valence-corrected chi connectivity index (χ1v) is 6.77. The van der Waals surface area contributed by atoms with Crippen molar-refractivity contribution >= 4 is 17.7 Å². The van der Waals surface area contributed by atoms with Crippen LogP contribution in [0.3, 0.4) is 0 Å². The maximum atomic E-state index is 12.8. The molecule has 20 heavy (non-hydrogen) atoms. The van der Waals surface area contributed by atoms with E-state index in [1.807, 2.05) is 0 Å². The zero-order valence-electron chi connectivity index (χ0n) is 11.9. The van der Waals surface area contributed by atoms with Crippen molar-refractivity contribution in [1.82, 2.24) is 10.6 Å². The van der Waals surface area contributed by atoms with Gasteiger partial charge in [-0.2, -0.15) is 0 Å². The Hall–Kier alpha value is -1.33. The monoisotopic (exact) mass is 302 g/mol.